The zero-order valence-electron chi connectivity index (χ0n) is 11.2. The van der Waals surface area contributed by atoms with Gasteiger partial charge in [-0.1, -0.05) is 13.8 Å². The topological polar surface area (TPSA) is 80.9 Å². The van der Waals surface area contributed by atoms with Crippen LogP contribution in [-0.4, -0.2) is 21.4 Å². The molecular weight excluding hydrogens is 240 g/mol. The number of carbonyl (C=O) groups is 1. The summed E-state index contributed by atoms with van der Waals surface area (Å²) in [7, 11) is 0. The maximum atomic E-state index is 12.2. The summed E-state index contributed by atoms with van der Waals surface area (Å²) in [6.45, 7) is 3.82. The van der Waals surface area contributed by atoms with Gasteiger partial charge in [0.15, 0.2) is 0 Å². The average Bonchev–Trinajstić information content (AvgIpc) is 2.46. The number of benzene rings is 1. The number of nitrogens with one attached hydrogen (secondary N) is 1. The molecule has 0 fully saturated rings. The Balaban J connectivity index is 2.24. The smallest absolute Gasteiger partial charge is 0.244 e. The van der Waals surface area contributed by atoms with Crippen molar-refractivity contribution in [1.82, 2.24) is 9.97 Å². The fourth-order valence-corrected chi connectivity index (χ4v) is 1.87. The van der Waals surface area contributed by atoms with Crippen LogP contribution in [0.25, 0.3) is 11.0 Å². The van der Waals surface area contributed by atoms with Crippen molar-refractivity contribution in [3.05, 3.63) is 30.6 Å². The second-order valence-electron chi connectivity index (χ2n) is 4.58. The Morgan fingerprint density at radius 3 is 2.47 bits per heavy atom. The minimum absolute atomic E-state index is 0.166. The number of rotatable bonds is 4. The number of nitrogens with two attached hydrogens (primary N) is 1. The van der Waals surface area contributed by atoms with E-state index in [4.69, 9.17) is 5.73 Å². The molecule has 1 aromatic carbocycles. The monoisotopic (exact) mass is 258 g/mol. The molecule has 2 rings (SSSR count). The van der Waals surface area contributed by atoms with Gasteiger partial charge in [-0.3, -0.25) is 14.8 Å². The van der Waals surface area contributed by atoms with E-state index < -0.39 is 5.54 Å². The number of fused-ring (bicyclic) bond motifs is 1. The highest BCUT2D eigenvalue weighted by Crippen LogP contribution is 2.18. The lowest BCUT2D eigenvalue weighted by molar-refractivity contribution is -0.121. The van der Waals surface area contributed by atoms with Gasteiger partial charge in [-0.2, -0.15) is 0 Å². The summed E-state index contributed by atoms with van der Waals surface area (Å²) in [5.41, 5.74) is 7.47. The molecule has 19 heavy (non-hydrogen) atoms. The molecule has 100 valence electrons. The summed E-state index contributed by atoms with van der Waals surface area (Å²) < 4.78 is 0. The van der Waals surface area contributed by atoms with Crippen molar-refractivity contribution in [2.24, 2.45) is 5.73 Å². The molecule has 0 aliphatic carbocycles. The maximum absolute atomic E-state index is 12.2. The van der Waals surface area contributed by atoms with E-state index >= 15 is 0 Å². The van der Waals surface area contributed by atoms with Crippen molar-refractivity contribution < 1.29 is 4.79 Å². The van der Waals surface area contributed by atoms with Crippen molar-refractivity contribution in [2.75, 3.05) is 5.32 Å². The molecule has 5 heteroatoms. The van der Waals surface area contributed by atoms with Crippen LogP contribution >= 0.6 is 0 Å². The van der Waals surface area contributed by atoms with Crippen LogP contribution in [-0.2, 0) is 4.79 Å². The molecule has 2 aromatic rings. The molecule has 0 saturated carbocycles. The lowest BCUT2D eigenvalue weighted by atomic mass is 9.93. The average molecular weight is 258 g/mol. The number of aromatic nitrogens is 2. The molecule has 0 saturated heterocycles. The molecule has 0 aliphatic heterocycles. The van der Waals surface area contributed by atoms with Crippen LogP contribution in [0.5, 0.6) is 0 Å². The number of anilines is 1. The summed E-state index contributed by atoms with van der Waals surface area (Å²) in [5, 5.41) is 2.84. The van der Waals surface area contributed by atoms with E-state index in [1.165, 1.54) is 0 Å². The van der Waals surface area contributed by atoms with Gasteiger partial charge in [0, 0.05) is 18.1 Å². The van der Waals surface area contributed by atoms with Gasteiger partial charge < -0.3 is 11.1 Å². The fourth-order valence-electron chi connectivity index (χ4n) is 1.87. The van der Waals surface area contributed by atoms with E-state index in [2.05, 4.69) is 15.3 Å². The van der Waals surface area contributed by atoms with Gasteiger partial charge in [-0.05, 0) is 31.0 Å². The molecule has 3 N–H and O–H groups in total. The molecule has 0 bridgehead atoms. The van der Waals surface area contributed by atoms with Crippen LogP contribution in [0, 0.1) is 0 Å². The Morgan fingerprint density at radius 1 is 1.21 bits per heavy atom. The first-order valence-corrected chi connectivity index (χ1v) is 6.40. The molecule has 0 aliphatic rings. The van der Waals surface area contributed by atoms with Crippen LogP contribution in [0.1, 0.15) is 26.7 Å². The first-order chi connectivity index (χ1) is 9.09. The Bertz CT molecular complexity index is 593. The zero-order chi connectivity index (χ0) is 13.9. The molecule has 0 atom stereocenters. The molecule has 1 aromatic heterocycles. The molecule has 0 radical (unpaired) electrons. The summed E-state index contributed by atoms with van der Waals surface area (Å²) in [6, 6.07) is 5.43. The van der Waals surface area contributed by atoms with E-state index in [1.807, 2.05) is 19.9 Å². The predicted molar refractivity (Wildman–Crippen MR) is 75.7 cm³/mol. The first kappa shape index (κ1) is 13.4. The van der Waals surface area contributed by atoms with Crippen molar-refractivity contribution in [3.63, 3.8) is 0 Å². The molecular formula is C14H18N4O. The van der Waals surface area contributed by atoms with Crippen LogP contribution < -0.4 is 11.1 Å². The van der Waals surface area contributed by atoms with Gasteiger partial charge in [0.2, 0.25) is 5.91 Å². The Labute approximate surface area is 112 Å². The third-order valence-corrected chi connectivity index (χ3v) is 3.44. The van der Waals surface area contributed by atoms with Gasteiger partial charge in [0.1, 0.15) is 0 Å². The Kier molecular flexibility index (Phi) is 3.76. The summed E-state index contributed by atoms with van der Waals surface area (Å²) >= 11 is 0. The lowest BCUT2D eigenvalue weighted by Crippen LogP contribution is -2.50. The van der Waals surface area contributed by atoms with Gasteiger partial charge in [0.05, 0.1) is 16.6 Å². The van der Waals surface area contributed by atoms with Crippen molar-refractivity contribution >= 4 is 22.6 Å². The number of hydrogen-bond donors (Lipinski definition) is 2. The summed E-state index contributed by atoms with van der Waals surface area (Å²) in [5.74, 6) is -0.166. The van der Waals surface area contributed by atoms with Crippen LogP contribution in [0.15, 0.2) is 30.6 Å². The van der Waals surface area contributed by atoms with E-state index in [0.29, 0.717) is 18.5 Å². The Hall–Kier alpha value is -2.01. The maximum Gasteiger partial charge on any atom is 0.244 e. The molecule has 1 amide bonds. The van der Waals surface area contributed by atoms with Crippen molar-refractivity contribution in [3.8, 4) is 0 Å². The normalized spacial score (nSPS) is 11.5. The molecule has 5 nitrogen and oxygen atoms in total. The standard InChI is InChI=1S/C14H18N4O/c1-3-14(15,4-2)13(19)18-10-5-6-11-12(9-10)17-8-7-16-11/h5-9H,3-4,15H2,1-2H3,(H,18,19). The van der Waals surface area contributed by atoms with E-state index in [-0.39, 0.29) is 5.91 Å². The van der Waals surface area contributed by atoms with Gasteiger partial charge in [-0.15, -0.1) is 0 Å². The van der Waals surface area contributed by atoms with Gasteiger partial charge >= 0.3 is 0 Å². The number of hydrogen-bond acceptors (Lipinski definition) is 4. The predicted octanol–water partition coefficient (Wildman–Crippen LogP) is 2.09. The third kappa shape index (κ3) is 2.71. The highest BCUT2D eigenvalue weighted by molar-refractivity contribution is 5.99. The lowest BCUT2D eigenvalue weighted by Gasteiger charge is -2.25. The van der Waals surface area contributed by atoms with Gasteiger partial charge in [-0.25, -0.2) is 0 Å². The van der Waals surface area contributed by atoms with Gasteiger partial charge in [0.25, 0.3) is 0 Å². The fraction of sp³-hybridized carbons (Fsp3) is 0.357. The largest absolute Gasteiger partial charge is 0.324 e. The van der Waals surface area contributed by atoms with Crippen LogP contribution in [0.3, 0.4) is 0 Å². The minimum atomic E-state index is -0.822. The number of carbonyl (C=O) groups excluding carboxylic acids is 1. The second kappa shape index (κ2) is 5.32. The van der Waals surface area contributed by atoms with Crippen molar-refractivity contribution in [1.29, 1.82) is 0 Å². The second-order valence-corrected chi connectivity index (χ2v) is 4.58. The SMILES string of the molecule is CCC(N)(CC)C(=O)Nc1ccc2nccnc2c1. The van der Waals surface area contributed by atoms with Crippen LogP contribution in [0.4, 0.5) is 5.69 Å². The molecule has 0 spiro atoms. The number of nitrogens with zero attached hydrogens (tertiary/aromatic N) is 2. The van der Waals surface area contributed by atoms with Crippen molar-refractivity contribution in [2.45, 2.75) is 32.2 Å². The molecule has 0 unspecified atom stereocenters. The molecule has 1 heterocycles. The minimum Gasteiger partial charge on any atom is -0.324 e. The summed E-state index contributed by atoms with van der Waals surface area (Å²) in [4.78, 5) is 20.5. The first-order valence-electron chi connectivity index (χ1n) is 6.40. The highest BCUT2D eigenvalue weighted by Gasteiger charge is 2.29. The zero-order valence-corrected chi connectivity index (χ0v) is 11.2. The third-order valence-electron chi connectivity index (χ3n) is 3.44. The highest BCUT2D eigenvalue weighted by atomic mass is 16.2. The van der Waals surface area contributed by atoms with E-state index in [9.17, 15) is 4.79 Å². The number of amides is 1. The van der Waals surface area contributed by atoms with Crippen LogP contribution in [0.2, 0.25) is 0 Å². The van der Waals surface area contributed by atoms with E-state index in [1.54, 1.807) is 24.5 Å². The summed E-state index contributed by atoms with van der Waals surface area (Å²) in [6.07, 6.45) is 4.46. The van der Waals surface area contributed by atoms with E-state index in [0.717, 1.165) is 11.0 Å². The Morgan fingerprint density at radius 2 is 1.84 bits per heavy atom. The quantitative estimate of drug-likeness (QED) is 0.879.